The van der Waals surface area contributed by atoms with Gasteiger partial charge in [0.2, 0.25) is 5.91 Å². The average molecular weight is 353 g/mol. The van der Waals surface area contributed by atoms with Gasteiger partial charge in [-0.15, -0.1) is 0 Å². The molecular formula is C16H14Cl2N2O3. The van der Waals surface area contributed by atoms with Gasteiger partial charge in [0.15, 0.2) is 0 Å². The van der Waals surface area contributed by atoms with Crippen LogP contribution in [0, 0.1) is 10.1 Å². The molecule has 0 spiro atoms. The molecule has 1 amide bonds. The minimum atomic E-state index is -0.470. The van der Waals surface area contributed by atoms with Crippen LogP contribution in [0.5, 0.6) is 0 Å². The fourth-order valence-electron chi connectivity index (χ4n) is 2.05. The molecule has 0 aliphatic heterocycles. The van der Waals surface area contributed by atoms with Gasteiger partial charge in [0.1, 0.15) is 0 Å². The maximum atomic E-state index is 12.2. The van der Waals surface area contributed by atoms with Gasteiger partial charge in [-0.2, -0.15) is 0 Å². The Morgan fingerprint density at radius 2 is 1.70 bits per heavy atom. The molecular weight excluding hydrogens is 339 g/mol. The summed E-state index contributed by atoms with van der Waals surface area (Å²) in [5.74, 6) is -0.0927. The fourth-order valence-corrected chi connectivity index (χ4v) is 2.37. The van der Waals surface area contributed by atoms with Crippen LogP contribution in [0.3, 0.4) is 0 Å². The molecule has 0 fully saturated rings. The number of hydrogen-bond donors (Lipinski definition) is 0. The lowest BCUT2D eigenvalue weighted by atomic mass is 10.1. The summed E-state index contributed by atoms with van der Waals surface area (Å²) < 4.78 is 0. The van der Waals surface area contributed by atoms with E-state index < -0.39 is 4.92 Å². The summed E-state index contributed by atoms with van der Waals surface area (Å²) in [5, 5.41) is 11.5. The van der Waals surface area contributed by atoms with Gasteiger partial charge in [0.05, 0.1) is 21.4 Å². The first-order chi connectivity index (χ1) is 10.9. The number of likely N-dealkylation sites (N-methyl/N-ethyl adjacent to an activating group) is 1. The molecule has 2 aromatic rings. The third-order valence-corrected chi connectivity index (χ3v) is 4.07. The van der Waals surface area contributed by atoms with Crippen LogP contribution in [0.4, 0.5) is 5.69 Å². The second-order valence-electron chi connectivity index (χ2n) is 5.10. The Balaban J connectivity index is 1.99. The maximum absolute atomic E-state index is 12.2. The van der Waals surface area contributed by atoms with E-state index in [2.05, 4.69) is 0 Å². The zero-order valence-electron chi connectivity index (χ0n) is 12.3. The standard InChI is InChI=1S/C16H14Cl2N2O3/c1-19(10-12-4-7-14(17)15(18)8-12)16(21)9-11-2-5-13(6-3-11)20(22)23/h2-8H,9-10H2,1H3. The van der Waals surface area contributed by atoms with Crippen molar-refractivity contribution in [1.29, 1.82) is 0 Å². The highest BCUT2D eigenvalue weighted by Crippen LogP contribution is 2.23. The second-order valence-corrected chi connectivity index (χ2v) is 5.91. The van der Waals surface area contributed by atoms with Crippen molar-refractivity contribution in [2.24, 2.45) is 0 Å². The van der Waals surface area contributed by atoms with Gasteiger partial charge in [-0.1, -0.05) is 41.4 Å². The quantitative estimate of drug-likeness (QED) is 0.600. The summed E-state index contributed by atoms with van der Waals surface area (Å²) >= 11 is 11.8. The zero-order valence-corrected chi connectivity index (χ0v) is 13.8. The minimum absolute atomic E-state index is 0.00496. The van der Waals surface area contributed by atoms with Gasteiger partial charge in [0, 0.05) is 25.7 Å². The SMILES string of the molecule is CN(Cc1ccc(Cl)c(Cl)c1)C(=O)Cc1ccc([N+](=O)[O-])cc1. The lowest BCUT2D eigenvalue weighted by Gasteiger charge is -2.17. The second kappa shape index (κ2) is 7.44. The number of halogens is 2. The molecule has 0 saturated carbocycles. The molecule has 0 heterocycles. The molecule has 0 radical (unpaired) electrons. The van der Waals surface area contributed by atoms with Crippen LogP contribution in [0.1, 0.15) is 11.1 Å². The van der Waals surface area contributed by atoms with Crippen molar-refractivity contribution in [1.82, 2.24) is 4.90 Å². The molecule has 0 saturated heterocycles. The first kappa shape index (κ1) is 17.2. The average Bonchev–Trinajstić information content (AvgIpc) is 2.51. The molecule has 7 heteroatoms. The largest absolute Gasteiger partial charge is 0.341 e. The molecule has 0 unspecified atom stereocenters. The highest BCUT2D eigenvalue weighted by molar-refractivity contribution is 6.42. The summed E-state index contributed by atoms with van der Waals surface area (Å²) in [5.41, 5.74) is 1.60. The molecule has 0 atom stereocenters. The third kappa shape index (κ3) is 4.68. The van der Waals surface area contributed by atoms with E-state index in [1.807, 2.05) is 6.07 Å². The summed E-state index contributed by atoms with van der Waals surface area (Å²) in [6, 6.07) is 11.2. The number of carbonyl (C=O) groups is 1. The van der Waals surface area contributed by atoms with Crippen molar-refractivity contribution in [3.8, 4) is 0 Å². The molecule has 0 aromatic heterocycles. The molecule has 0 N–H and O–H groups in total. The number of non-ortho nitro benzene ring substituents is 1. The summed E-state index contributed by atoms with van der Waals surface area (Å²) in [6.45, 7) is 0.405. The Morgan fingerprint density at radius 3 is 2.26 bits per heavy atom. The van der Waals surface area contributed by atoms with E-state index in [0.717, 1.165) is 11.1 Å². The van der Waals surface area contributed by atoms with Crippen LogP contribution in [0.25, 0.3) is 0 Å². The van der Waals surface area contributed by atoms with E-state index in [1.54, 1.807) is 36.2 Å². The number of amides is 1. The highest BCUT2D eigenvalue weighted by atomic mass is 35.5. The van der Waals surface area contributed by atoms with E-state index >= 15 is 0 Å². The number of rotatable bonds is 5. The maximum Gasteiger partial charge on any atom is 0.269 e. The van der Waals surface area contributed by atoms with Crippen LogP contribution in [0.15, 0.2) is 42.5 Å². The molecule has 2 rings (SSSR count). The lowest BCUT2D eigenvalue weighted by Crippen LogP contribution is -2.27. The van der Waals surface area contributed by atoms with Crippen LogP contribution in [0.2, 0.25) is 10.0 Å². The normalized spacial score (nSPS) is 10.4. The first-order valence-electron chi connectivity index (χ1n) is 6.78. The highest BCUT2D eigenvalue weighted by Gasteiger charge is 2.12. The number of nitrogens with zero attached hydrogens (tertiary/aromatic N) is 2. The van der Waals surface area contributed by atoms with Gasteiger partial charge in [0.25, 0.3) is 5.69 Å². The molecule has 0 aliphatic carbocycles. The number of benzene rings is 2. The van der Waals surface area contributed by atoms with E-state index in [0.29, 0.717) is 16.6 Å². The van der Waals surface area contributed by atoms with Gasteiger partial charge < -0.3 is 4.90 Å². The predicted octanol–water partition coefficient (Wildman–Crippen LogP) is 4.10. The van der Waals surface area contributed by atoms with Crippen molar-refractivity contribution in [3.05, 3.63) is 73.8 Å². The molecule has 0 aliphatic rings. The molecule has 5 nitrogen and oxygen atoms in total. The predicted molar refractivity (Wildman–Crippen MR) is 89.7 cm³/mol. The van der Waals surface area contributed by atoms with Crippen LogP contribution < -0.4 is 0 Å². The molecule has 120 valence electrons. The molecule has 0 bridgehead atoms. The zero-order chi connectivity index (χ0) is 17.0. The monoisotopic (exact) mass is 352 g/mol. The van der Waals surface area contributed by atoms with Crippen molar-refractivity contribution >= 4 is 34.8 Å². The smallest absolute Gasteiger partial charge is 0.269 e. The summed E-state index contributed by atoms with van der Waals surface area (Å²) in [6.07, 6.45) is 0.176. The summed E-state index contributed by atoms with van der Waals surface area (Å²) in [7, 11) is 1.69. The van der Waals surface area contributed by atoms with E-state index in [9.17, 15) is 14.9 Å². The van der Waals surface area contributed by atoms with Crippen LogP contribution in [-0.2, 0) is 17.8 Å². The Morgan fingerprint density at radius 1 is 1.09 bits per heavy atom. The lowest BCUT2D eigenvalue weighted by molar-refractivity contribution is -0.384. The van der Waals surface area contributed by atoms with Crippen molar-refractivity contribution in [2.75, 3.05) is 7.05 Å². The van der Waals surface area contributed by atoms with E-state index in [4.69, 9.17) is 23.2 Å². The molecule has 23 heavy (non-hydrogen) atoms. The number of carbonyl (C=O) groups excluding carboxylic acids is 1. The Hall–Kier alpha value is -2.11. The fraction of sp³-hybridized carbons (Fsp3) is 0.188. The number of hydrogen-bond acceptors (Lipinski definition) is 3. The first-order valence-corrected chi connectivity index (χ1v) is 7.53. The molecule has 2 aromatic carbocycles. The number of nitro groups is 1. The Labute approximate surface area is 143 Å². The van der Waals surface area contributed by atoms with Gasteiger partial charge in [-0.25, -0.2) is 0 Å². The van der Waals surface area contributed by atoms with Gasteiger partial charge >= 0.3 is 0 Å². The number of nitro benzene ring substituents is 1. The summed E-state index contributed by atoms with van der Waals surface area (Å²) in [4.78, 5) is 23.9. The van der Waals surface area contributed by atoms with Crippen LogP contribution >= 0.6 is 23.2 Å². The minimum Gasteiger partial charge on any atom is -0.341 e. The Bertz CT molecular complexity index is 733. The van der Waals surface area contributed by atoms with Crippen molar-refractivity contribution in [3.63, 3.8) is 0 Å². The topological polar surface area (TPSA) is 63.5 Å². The van der Waals surface area contributed by atoms with Crippen molar-refractivity contribution in [2.45, 2.75) is 13.0 Å². The Kier molecular flexibility index (Phi) is 5.58. The van der Waals surface area contributed by atoms with E-state index in [1.165, 1.54) is 12.1 Å². The van der Waals surface area contributed by atoms with Gasteiger partial charge in [-0.05, 0) is 23.3 Å². The third-order valence-electron chi connectivity index (χ3n) is 3.33. The van der Waals surface area contributed by atoms with Crippen LogP contribution in [-0.4, -0.2) is 22.8 Å². The van der Waals surface area contributed by atoms with Gasteiger partial charge in [-0.3, -0.25) is 14.9 Å². The van der Waals surface area contributed by atoms with Crippen molar-refractivity contribution < 1.29 is 9.72 Å². The van der Waals surface area contributed by atoms with E-state index in [-0.39, 0.29) is 18.0 Å².